The average molecular weight is 292 g/mol. The van der Waals surface area contributed by atoms with Crippen LogP contribution in [0.2, 0.25) is 0 Å². The third kappa shape index (κ3) is 3.87. The molecule has 106 valence electrons. The van der Waals surface area contributed by atoms with Crippen LogP contribution in [-0.2, 0) is 11.2 Å². The number of carbonyl (C=O) groups excluding carboxylic acids is 1. The first-order valence-corrected chi connectivity index (χ1v) is 7.54. The average Bonchev–Trinajstić information content (AvgIpc) is 2.88. The van der Waals surface area contributed by atoms with Crippen LogP contribution in [0.1, 0.15) is 25.5 Å². The number of carbonyl (C=O) groups is 1. The van der Waals surface area contributed by atoms with Crippen LogP contribution >= 0.6 is 11.3 Å². The Morgan fingerprint density at radius 2 is 2.20 bits per heavy atom. The van der Waals surface area contributed by atoms with Gasteiger partial charge in [-0.15, -0.1) is 11.3 Å². The normalized spacial score (nSPS) is 10.5. The van der Waals surface area contributed by atoms with Crippen LogP contribution in [0.4, 0.5) is 4.39 Å². The summed E-state index contributed by atoms with van der Waals surface area (Å²) in [6, 6.07) is 6.61. The summed E-state index contributed by atoms with van der Waals surface area (Å²) in [6.07, 6.45) is 2.07. The van der Waals surface area contributed by atoms with Crippen LogP contribution in [0.15, 0.2) is 29.6 Å². The summed E-state index contributed by atoms with van der Waals surface area (Å²) in [5.41, 5.74) is 1.41. The minimum absolute atomic E-state index is 0.0667. The molecule has 5 heteroatoms. The van der Waals surface area contributed by atoms with Gasteiger partial charge in [-0.05, 0) is 18.6 Å². The SMILES string of the molecule is CCCC(=O)NCCc1csc(-c2ccccc2F)n1. The predicted molar refractivity (Wildman–Crippen MR) is 79.1 cm³/mol. The Kier molecular flexibility index (Phi) is 5.24. The van der Waals surface area contributed by atoms with Crippen molar-refractivity contribution in [2.24, 2.45) is 0 Å². The second-order valence-corrected chi connectivity index (χ2v) is 5.33. The van der Waals surface area contributed by atoms with Crippen molar-refractivity contribution < 1.29 is 9.18 Å². The molecule has 0 aliphatic carbocycles. The van der Waals surface area contributed by atoms with E-state index in [0.717, 1.165) is 12.1 Å². The molecule has 1 amide bonds. The Balaban J connectivity index is 1.93. The third-order valence-corrected chi connectivity index (χ3v) is 3.76. The monoisotopic (exact) mass is 292 g/mol. The topological polar surface area (TPSA) is 42.0 Å². The second kappa shape index (κ2) is 7.14. The molecule has 0 fully saturated rings. The molecule has 0 spiro atoms. The molecule has 2 aromatic rings. The highest BCUT2D eigenvalue weighted by molar-refractivity contribution is 7.13. The first kappa shape index (κ1) is 14.7. The fraction of sp³-hybridized carbons (Fsp3) is 0.333. The molecule has 0 aliphatic heterocycles. The maximum atomic E-state index is 13.6. The molecule has 1 aromatic heterocycles. The summed E-state index contributed by atoms with van der Waals surface area (Å²) in [7, 11) is 0. The zero-order chi connectivity index (χ0) is 14.4. The van der Waals surface area contributed by atoms with Crippen molar-refractivity contribution >= 4 is 17.2 Å². The summed E-state index contributed by atoms with van der Waals surface area (Å²) in [6.45, 7) is 2.54. The smallest absolute Gasteiger partial charge is 0.219 e. The van der Waals surface area contributed by atoms with Gasteiger partial charge in [-0.25, -0.2) is 9.37 Å². The number of hydrogen-bond donors (Lipinski definition) is 1. The van der Waals surface area contributed by atoms with Crippen LogP contribution in [0.3, 0.4) is 0 Å². The predicted octanol–water partition coefficient (Wildman–Crippen LogP) is 3.41. The summed E-state index contributed by atoms with van der Waals surface area (Å²) < 4.78 is 13.6. The van der Waals surface area contributed by atoms with Gasteiger partial charge in [0.2, 0.25) is 5.91 Å². The van der Waals surface area contributed by atoms with Crippen molar-refractivity contribution in [3.63, 3.8) is 0 Å². The van der Waals surface area contributed by atoms with E-state index in [-0.39, 0.29) is 11.7 Å². The lowest BCUT2D eigenvalue weighted by molar-refractivity contribution is -0.121. The van der Waals surface area contributed by atoms with Crippen molar-refractivity contribution in [1.29, 1.82) is 0 Å². The molecule has 3 nitrogen and oxygen atoms in total. The summed E-state index contributed by atoms with van der Waals surface area (Å²) in [4.78, 5) is 15.7. The zero-order valence-corrected chi connectivity index (χ0v) is 12.2. The van der Waals surface area contributed by atoms with E-state index in [4.69, 9.17) is 0 Å². The van der Waals surface area contributed by atoms with Crippen LogP contribution in [0.5, 0.6) is 0 Å². The number of aromatic nitrogens is 1. The highest BCUT2D eigenvalue weighted by Crippen LogP contribution is 2.26. The molecule has 0 bridgehead atoms. The van der Waals surface area contributed by atoms with Gasteiger partial charge in [0, 0.05) is 30.3 Å². The van der Waals surface area contributed by atoms with E-state index in [9.17, 15) is 9.18 Å². The molecule has 1 aromatic carbocycles. The third-order valence-electron chi connectivity index (χ3n) is 2.84. The van der Waals surface area contributed by atoms with Crippen molar-refractivity contribution in [2.75, 3.05) is 6.54 Å². The Labute approximate surface area is 121 Å². The number of rotatable bonds is 6. The van der Waals surface area contributed by atoms with E-state index < -0.39 is 0 Å². The van der Waals surface area contributed by atoms with E-state index in [2.05, 4.69) is 10.3 Å². The van der Waals surface area contributed by atoms with Crippen molar-refractivity contribution in [3.8, 4) is 10.6 Å². The first-order valence-electron chi connectivity index (χ1n) is 6.66. The van der Waals surface area contributed by atoms with Crippen molar-refractivity contribution in [2.45, 2.75) is 26.2 Å². The molecular formula is C15H17FN2OS. The van der Waals surface area contributed by atoms with Gasteiger partial charge in [-0.1, -0.05) is 19.1 Å². The molecule has 0 saturated heterocycles. The van der Waals surface area contributed by atoms with Gasteiger partial charge in [0.1, 0.15) is 10.8 Å². The minimum Gasteiger partial charge on any atom is -0.356 e. The van der Waals surface area contributed by atoms with Gasteiger partial charge in [-0.3, -0.25) is 4.79 Å². The molecule has 0 atom stereocenters. The van der Waals surface area contributed by atoms with E-state index >= 15 is 0 Å². The second-order valence-electron chi connectivity index (χ2n) is 4.47. The molecule has 0 aliphatic rings. The molecule has 1 heterocycles. The van der Waals surface area contributed by atoms with E-state index in [1.807, 2.05) is 12.3 Å². The molecule has 20 heavy (non-hydrogen) atoms. The van der Waals surface area contributed by atoms with Gasteiger partial charge in [0.05, 0.1) is 5.69 Å². The van der Waals surface area contributed by atoms with Gasteiger partial charge >= 0.3 is 0 Å². The summed E-state index contributed by atoms with van der Waals surface area (Å²) in [5.74, 6) is -0.193. The Bertz CT molecular complexity index is 583. The van der Waals surface area contributed by atoms with Crippen LogP contribution < -0.4 is 5.32 Å². The van der Waals surface area contributed by atoms with Gasteiger partial charge < -0.3 is 5.32 Å². The number of nitrogens with zero attached hydrogens (tertiary/aromatic N) is 1. The first-order chi connectivity index (χ1) is 9.70. The largest absolute Gasteiger partial charge is 0.356 e. The molecule has 0 radical (unpaired) electrons. The molecular weight excluding hydrogens is 275 g/mol. The van der Waals surface area contributed by atoms with Gasteiger partial charge in [-0.2, -0.15) is 0 Å². The maximum absolute atomic E-state index is 13.6. The maximum Gasteiger partial charge on any atom is 0.219 e. The number of halogens is 1. The van der Waals surface area contributed by atoms with E-state index in [0.29, 0.717) is 30.0 Å². The van der Waals surface area contributed by atoms with Gasteiger partial charge in [0.25, 0.3) is 0 Å². The number of thiazole rings is 1. The standard InChI is InChI=1S/C15H17FN2OS/c1-2-5-14(19)17-9-8-11-10-20-15(18-11)12-6-3-4-7-13(12)16/h3-4,6-7,10H,2,5,8-9H2,1H3,(H,17,19). The van der Waals surface area contributed by atoms with Crippen LogP contribution in [0, 0.1) is 5.82 Å². The molecule has 2 rings (SSSR count). The van der Waals surface area contributed by atoms with Crippen molar-refractivity contribution in [3.05, 3.63) is 41.2 Å². The summed E-state index contributed by atoms with van der Waals surface area (Å²) >= 11 is 1.42. The Morgan fingerprint density at radius 1 is 1.40 bits per heavy atom. The number of nitrogens with one attached hydrogen (secondary N) is 1. The highest BCUT2D eigenvalue weighted by Gasteiger charge is 2.09. The lowest BCUT2D eigenvalue weighted by atomic mass is 10.2. The Hall–Kier alpha value is -1.75. The number of hydrogen-bond acceptors (Lipinski definition) is 3. The zero-order valence-electron chi connectivity index (χ0n) is 11.4. The molecule has 0 unspecified atom stereocenters. The minimum atomic E-state index is -0.260. The van der Waals surface area contributed by atoms with Crippen LogP contribution in [-0.4, -0.2) is 17.4 Å². The molecule has 0 saturated carbocycles. The quantitative estimate of drug-likeness (QED) is 0.886. The number of amides is 1. The lowest BCUT2D eigenvalue weighted by Gasteiger charge is -2.02. The Morgan fingerprint density at radius 3 is 2.95 bits per heavy atom. The van der Waals surface area contributed by atoms with E-state index in [1.165, 1.54) is 17.4 Å². The molecule has 1 N–H and O–H groups in total. The number of benzene rings is 1. The van der Waals surface area contributed by atoms with Crippen molar-refractivity contribution in [1.82, 2.24) is 10.3 Å². The highest BCUT2D eigenvalue weighted by atomic mass is 32.1. The fourth-order valence-electron chi connectivity index (χ4n) is 1.83. The van der Waals surface area contributed by atoms with Gasteiger partial charge in [0.15, 0.2) is 0 Å². The lowest BCUT2D eigenvalue weighted by Crippen LogP contribution is -2.25. The summed E-state index contributed by atoms with van der Waals surface area (Å²) in [5, 5.41) is 5.43. The van der Waals surface area contributed by atoms with Crippen LogP contribution in [0.25, 0.3) is 10.6 Å². The fourth-order valence-corrected chi connectivity index (χ4v) is 2.71. The van der Waals surface area contributed by atoms with E-state index in [1.54, 1.807) is 18.2 Å².